The quantitative estimate of drug-likeness (QED) is 0.295. The molecule has 1 saturated heterocycles. The number of anilines is 2. The van der Waals surface area contributed by atoms with Crippen LogP contribution in [0.1, 0.15) is 48.8 Å². The van der Waals surface area contributed by atoms with E-state index in [4.69, 9.17) is 11.6 Å². The van der Waals surface area contributed by atoms with E-state index in [0.717, 1.165) is 66.8 Å². The maximum Gasteiger partial charge on any atom is 0.227 e. The third-order valence-electron chi connectivity index (χ3n) is 6.41. The second kappa shape index (κ2) is 10.5. The van der Waals surface area contributed by atoms with Gasteiger partial charge in [-0.2, -0.15) is 0 Å². The molecule has 0 bridgehead atoms. The highest BCUT2D eigenvalue weighted by Crippen LogP contribution is 2.30. The first-order chi connectivity index (χ1) is 17.0. The largest absolute Gasteiger partial charge is 0.351 e. The van der Waals surface area contributed by atoms with Gasteiger partial charge in [0.15, 0.2) is 0 Å². The van der Waals surface area contributed by atoms with Gasteiger partial charge in [0.05, 0.1) is 27.6 Å². The number of aliphatic imine (C=N–C) groups is 1. The van der Waals surface area contributed by atoms with Crippen molar-refractivity contribution < 1.29 is 4.79 Å². The Kier molecular flexibility index (Phi) is 7.06. The minimum absolute atomic E-state index is 0.0457. The molecule has 8 heteroatoms. The predicted octanol–water partition coefficient (Wildman–Crippen LogP) is 5.94. The van der Waals surface area contributed by atoms with Crippen molar-refractivity contribution in [1.29, 1.82) is 0 Å². The van der Waals surface area contributed by atoms with Crippen LogP contribution in [0.3, 0.4) is 0 Å². The lowest BCUT2D eigenvalue weighted by Crippen LogP contribution is -2.13. The second-order valence-electron chi connectivity index (χ2n) is 9.24. The average molecular weight is 489 g/mol. The van der Waals surface area contributed by atoms with Crippen LogP contribution >= 0.6 is 11.6 Å². The van der Waals surface area contributed by atoms with Crippen molar-refractivity contribution in [1.82, 2.24) is 20.3 Å². The molecule has 5 rings (SSSR count). The summed E-state index contributed by atoms with van der Waals surface area (Å²) < 4.78 is 0. The lowest BCUT2D eigenvalue weighted by molar-refractivity contribution is 0.104. The highest BCUT2D eigenvalue weighted by molar-refractivity contribution is 6.35. The van der Waals surface area contributed by atoms with Gasteiger partial charge in [-0.05, 0) is 81.0 Å². The van der Waals surface area contributed by atoms with Gasteiger partial charge in [0.2, 0.25) is 11.7 Å². The SMILES string of the molecule is CC1C=NC(c2ccnc(Nc3cc(Cl)c4[nH]c(C(=O)C=CC5CCCNCC5)cc4c3)n2)=CC1. The number of halogens is 1. The number of hydrogen-bond acceptors (Lipinski definition) is 6. The van der Waals surface area contributed by atoms with Crippen LogP contribution in [0.15, 0.2) is 53.7 Å². The number of nitrogens with zero attached hydrogens (tertiary/aromatic N) is 3. The Morgan fingerprint density at radius 1 is 1.23 bits per heavy atom. The minimum atomic E-state index is -0.0457. The maximum atomic E-state index is 12.8. The van der Waals surface area contributed by atoms with Crippen LogP contribution in [0, 0.1) is 11.8 Å². The summed E-state index contributed by atoms with van der Waals surface area (Å²) in [4.78, 5) is 29.5. The summed E-state index contributed by atoms with van der Waals surface area (Å²) in [5.74, 6) is 1.29. The molecule has 0 spiro atoms. The van der Waals surface area contributed by atoms with Gasteiger partial charge < -0.3 is 15.6 Å². The lowest BCUT2D eigenvalue weighted by Gasteiger charge is -2.11. The molecule has 0 radical (unpaired) electrons. The highest BCUT2D eigenvalue weighted by Gasteiger charge is 2.14. The van der Waals surface area contributed by atoms with Crippen LogP contribution < -0.4 is 10.6 Å². The third-order valence-corrected chi connectivity index (χ3v) is 6.71. The number of benzene rings is 1. The van der Waals surface area contributed by atoms with E-state index in [0.29, 0.717) is 28.5 Å². The van der Waals surface area contributed by atoms with Gasteiger partial charge >= 0.3 is 0 Å². The summed E-state index contributed by atoms with van der Waals surface area (Å²) in [7, 11) is 0. The van der Waals surface area contributed by atoms with E-state index in [1.165, 1.54) is 0 Å². The van der Waals surface area contributed by atoms with Crippen LogP contribution in [0.4, 0.5) is 11.6 Å². The van der Waals surface area contributed by atoms with Crippen molar-refractivity contribution in [2.24, 2.45) is 16.8 Å². The van der Waals surface area contributed by atoms with Crippen molar-refractivity contribution in [3.8, 4) is 0 Å². The Morgan fingerprint density at radius 3 is 3.00 bits per heavy atom. The Labute approximate surface area is 209 Å². The summed E-state index contributed by atoms with van der Waals surface area (Å²) >= 11 is 6.55. The molecule has 0 aliphatic carbocycles. The van der Waals surface area contributed by atoms with Gasteiger partial charge in [-0.25, -0.2) is 9.97 Å². The molecule has 7 nitrogen and oxygen atoms in total. The topological polar surface area (TPSA) is 95.1 Å². The Hall–Kier alpha value is -3.29. The van der Waals surface area contributed by atoms with Crippen molar-refractivity contribution in [3.05, 3.63) is 65.1 Å². The standard InChI is InChI=1S/C27H29ClN6O/c1-17-4-6-22(31-16-17)23-9-12-30-27(34-23)32-20-13-19-14-24(33-26(19)21(28)15-20)25(35)7-5-18-3-2-10-29-11-8-18/h5-7,9,12-18,29,33H,2-4,8,10-11H2,1H3,(H,30,32,34). The number of allylic oxidation sites excluding steroid dienone is 3. The Balaban J connectivity index is 1.33. The first kappa shape index (κ1) is 23.5. The number of H-pyrrole nitrogens is 1. The molecule has 2 aliphatic heterocycles. The summed E-state index contributed by atoms with van der Waals surface area (Å²) in [5, 5.41) is 8.00. The number of hydrogen-bond donors (Lipinski definition) is 3. The Morgan fingerprint density at radius 2 is 2.14 bits per heavy atom. The van der Waals surface area contributed by atoms with E-state index in [1.807, 2.05) is 30.5 Å². The molecule has 1 fully saturated rings. The molecule has 4 heterocycles. The minimum Gasteiger partial charge on any atom is -0.351 e. The normalized spacial score (nSPS) is 20.7. The third kappa shape index (κ3) is 5.69. The summed E-state index contributed by atoms with van der Waals surface area (Å²) in [6.07, 6.45) is 13.7. The number of nitrogens with one attached hydrogen (secondary N) is 3. The number of carbonyl (C=O) groups is 1. The zero-order chi connectivity index (χ0) is 24.2. The first-order valence-electron chi connectivity index (χ1n) is 12.2. The molecule has 1 aromatic carbocycles. The van der Waals surface area contributed by atoms with E-state index < -0.39 is 0 Å². The molecule has 0 saturated carbocycles. The van der Waals surface area contributed by atoms with Crippen LogP contribution in [0.25, 0.3) is 16.6 Å². The number of aromatic nitrogens is 3. The molecule has 0 amide bonds. The molecule has 2 aliphatic rings. The van der Waals surface area contributed by atoms with Crippen molar-refractivity contribution in [2.45, 2.75) is 32.6 Å². The molecule has 2 atom stereocenters. The van der Waals surface area contributed by atoms with Gasteiger partial charge in [-0.3, -0.25) is 9.79 Å². The van der Waals surface area contributed by atoms with Gasteiger partial charge in [0, 0.05) is 23.5 Å². The fourth-order valence-electron chi connectivity index (χ4n) is 4.44. The molecule has 3 N–H and O–H groups in total. The van der Waals surface area contributed by atoms with Gasteiger partial charge in [0.25, 0.3) is 0 Å². The van der Waals surface area contributed by atoms with Crippen LogP contribution in [0.2, 0.25) is 5.02 Å². The zero-order valence-corrected chi connectivity index (χ0v) is 20.5. The number of fused-ring (bicyclic) bond motifs is 1. The number of ketones is 1. The van der Waals surface area contributed by atoms with E-state index in [9.17, 15) is 4.79 Å². The zero-order valence-electron chi connectivity index (χ0n) is 19.7. The number of aromatic amines is 1. The van der Waals surface area contributed by atoms with E-state index in [1.54, 1.807) is 18.3 Å². The van der Waals surface area contributed by atoms with E-state index in [-0.39, 0.29) is 5.78 Å². The number of carbonyl (C=O) groups excluding carboxylic acids is 1. The smallest absolute Gasteiger partial charge is 0.227 e. The maximum absolute atomic E-state index is 12.8. The molecule has 2 aromatic heterocycles. The van der Waals surface area contributed by atoms with E-state index >= 15 is 0 Å². The molecule has 35 heavy (non-hydrogen) atoms. The Bertz CT molecular complexity index is 1320. The first-order valence-corrected chi connectivity index (χ1v) is 12.5. The van der Waals surface area contributed by atoms with Gasteiger partial charge in [-0.1, -0.05) is 30.7 Å². The predicted molar refractivity (Wildman–Crippen MR) is 143 cm³/mol. The van der Waals surface area contributed by atoms with Crippen molar-refractivity contribution in [2.75, 3.05) is 18.4 Å². The summed E-state index contributed by atoms with van der Waals surface area (Å²) in [6.45, 7) is 4.18. The van der Waals surface area contributed by atoms with E-state index in [2.05, 4.69) is 43.6 Å². The molecule has 180 valence electrons. The fraction of sp³-hybridized carbons (Fsp3) is 0.333. The monoisotopic (exact) mass is 488 g/mol. The van der Waals surface area contributed by atoms with Gasteiger partial charge in [0.1, 0.15) is 0 Å². The fourth-order valence-corrected chi connectivity index (χ4v) is 4.71. The highest BCUT2D eigenvalue weighted by atomic mass is 35.5. The lowest BCUT2D eigenvalue weighted by atomic mass is 9.99. The molecule has 2 unspecified atom stereocenters. The summed E-state index contributed by atoms with van der Waals surface area (Å²) in [6, 6.07) is 7.43. The van der Waals surface area contributed by atoms with Crippen LogP contribution in [-0.2, 0) is 0 Å². The molecular formula is C27H29ClN6O. The van der Waals surface area contributed by atoms with Crippen LogP contribution in [0.5, 0.6) is 0 Å². The van der Waals surface area contributed by atoms with Crippen molar-refractivity contribution >= 4 is 51.8 Å². The summed E-state index contributed by atoms with van der Waals surface area (Å²) in [5.41, 5.74) is 3.62. The average Bonchev–Trinajstić information content (AvgIpc) is 3.12. The number of rotatable bonds is 6. The van der Waals surface area contributed by atoms with Gasteiger partial charge in [-0.15, -0.1) is 0 Å². The molecule has 3 aromatic rings. The molecular weight excluding hydrogens is 460 g/mol. The van der Waals surface area contributed by atoms with Crippen molar-refractivity contribution in [3.63, 3.8) is 0 Å². The second-order valence-corrected chi connectivity index (χ2v) is 9.65. The van der Waals surface area contributed by atoms with Crippen LogP contribution in [-0.4, -0.2) is 40.0 Å².